The first-order valence-corrected chi connectivity index (χ1v) is 7.95. The van der Waals surface area contributed by atoms with Gasteiger partial charge in [-0.3, -0.25) is 9.79 Å². The van der Waals surface area contributed by atoms with Crippen molar-refractivity contribution >= 4 is 35.2 Å². The molecule has 0 heterocycles. The highest BCUT2D eigenvalue weighted by Crippen LogP contribution is 2.24. The van der Waals surface area contributed by atoms with Crippen molar-refractivity contribution in [3.05, 3.63) is 70.3 Å². The molecule has 0 bridgehead atoms. The van der Waals surface area contributed by atoms with Crippen LogP contribution in [0.4, 0.5) is 5.69 Å². The average Bonchev–Trinajstić information content (AvgIpc) is 2.63. The SMILES string of the molecule is CCNC(=O)/C(C=Nc1ccc(C#N)cc1)=C(/O)c1ccccc1Cl. The van der Waals surface area contributed by atoms with Crippen molar-refractivity contribution in [3.8, 4) is 6.07 Å². The van der Waals surface area contributed by atoms with Gasteiger partial charge in [-0.1, -0.05) is 23.7 Å². The highest BCUT2D eigenvalue weighted by atomic mass is 35.5. The fourth-order valence-corrected chi connectivity index (χ4v) is 2.27. The number of nitrogens with one attached hydrogen (secondary N) is 1. The van der Waals surface area contributed by atoms with Crippen LogP contribution in [0, 0.1) is 11.3 Å². The largest absolute Gasteiger partial charge is 0.506 e. The molecule has 6 heteroatoms. The zero-order valence-corrected chi connectivity index (χ0v) is 14.3. The number of nitriles is 1. The second-order valence-corrected chi connectivity index (χ2v) is 5.43. The van der Waals surface area contributed by atoms with Gasteiger partial charge in [-0.25, -0.2) is 0 Å². The molecule has 2 aromatic rings. The fourth-order valence-electron chi connectivity index (χ4n) is 2.04. The van der Waals surface area contributed by atoms with E-state index in [9.17, 15) is 9.90 Å². The predicted molar refractivity (Wildman–Crippen MR) is 99.0 cm³/mol. The third-order valence-corrected chi connectivity index (χ3v) is 3.63. The van der Waals surface area contributed by atoms with Crippen LogP contribution in [0.2, 0.25) is 5.02 Å². The van der Waals surface area contributed by atoms with E-state index >= 15 is 0 Å². The van der Waals surface area contributed by atoms with Crippen molar-refractivity contribution in [1.29, 1.82) is 5.26 Å². The van der Waals surface area contributed by atoms with Crippen LogP contribution in [0.1, 0.15) is 18.1 Å². The van der Waals surface area contributed by atoms with E-state index in [4.69, 9.17) is 16.9 Å². The second kappa shape index (κ2) is 8.67. The molecule has 1 amide bonds. The molecule has 0 saturated carbocycles. The van der Waals surface area contributed by atoms with Gasteiger partial charge in [0, 0.05) is 18.3 Å². The monoisotopic (exact) mass is 353 g/mol. The molecule has 2 aromatic carbocycles. The highest BCUT2D eigenvalue weighted by molar-refractivity contribution is 6.32. The van der Waals surface area contributed by atoms with Gasteiger partial charge in [-0.2, -0.15) is 5.26 Å². The first-order valence-electron chi connectivity index (χ1n) is 7.57. The van der Waals surface area contributed by atoms with E-state index in [0.29, 0.717) is 28.4 Å². The predicted octanol–water partition coefficient (Wildman–Crippen LogP) is 4.02. The average molecular weight is 354 g/mol. The molecule has 0 aromatic heterocycles. The molecule has 25 heavy (non-hydrogen) atoms. The van der Waals surface area contributed by atoms with Crippen LogP contribution in [0.5, 0.6) is 0 Å². The van der Waals surface area contributed by atoms with E-state index in [0.717, 1.165) is 0 Å². The summed E-state index contributed by atoms with van der Waals surface area (Å²) in [4.78, 5) is 16.5. The molecule has 0 aliphatic heterocycles. The Labute approximate surface area is 150 Å². The number of aliphatic imine (C=N–C) groups is 1. The Bertz CT molecular complexity index is 865. The van der Waals surface area contributed by atoms with E-state index in [1.165, 1.54) is 6.21 Å². The Morgan fingerprint density at radius 3 is 2.56 bits per heavy atom. The van der Waals surface area contributed by atoms with Crippen LogP contribution < -0.4 is 5.32 Å². The molecule has 0 radical (unpaired) electrons. The number of carbonyl (C=O) groups is 1. The number of aliphatic hydroxyl groups is 1. The molecule has 2 rings (SSSR count). The summed E-state index contributed by atoms with van der Waals surface area (Å²) in [5.41, 5.74) is 1.40. The van der Waals surface area contributed by atoms with E-state index in [1.807, 2.05) is 6.07 Å². The molecule has 0 spiro atoms. The van der Waals surface area contributed by atoms with Crippen LogP contribution in [0.15, 0.2) is 59.1 Å². The molecule has 0 saturated heterocycles. The molecule has 5 nitrogen and oxygen atoms in total. The Morgan fingerprint density at radius 1 is 1.28 bits per heavy atom. The van der Waals surface area contributed by atoms with Crippen LogP contribution in [0.25, 0.3) is 5.76 Å². The van der Waals surface area contributed by atoms with E-state index < -0.39 is 5.91 Å². The lowest BCUT2D eigenvalue weighted by Crippen LogP contribution is -2.26. The van der Waals surface area contributed by atoms with E-state index in [2.05, 4.69) is 10.3 Å². The third kappa shape index (κ3) is 4.69. The number of amides is 1. The lowest BCUT2D eigenvalue weighted by Gasteiger charge is -2.08. The van der Waals surface area contributed by atoms with Gasteiger partial charge in [0.2, 0.25) is 0 Å². The highest BCUT2D eigenvalue weighted by Gasteiger charge is 2.16. The lowest BCUT2D eigenvalue weighted by atomic mass is 10.1. The standard InChI is InChI=1S/C19H16ClN3O2/c1-2-22-19(25)16(18(24)15-5-3-4-6-17(15)20)12-23-14-9-7-13(11-21)8-10-14/h3-10,12,24H,2H2,1H3,(H,22,25)/b18-16+,23-12?. The normalized spacial score (nSPS) is 11.7. The maximum absolute atomic E-state index is 12.3. The number of carbonyl (C=O) groups excluding carboxylic acids is 1. The Morgan fingerprint density at radius 2 is 1.96 bits per heavy atom. The fraction of sp³-hybridized carbons (Fsp3) is 0.105. The number of aliphatic hydroxyl groups excluding tert-OH is 1. The molecule has 0 atom stereocenters. The van der Waals surface area contributed by atoms with Gasteiger partial charge in [0.25, 0.3) is 5.91 Å². The first kappa shape index (κ1) is 18.2. The number of benzene rings is 2. The van der Waals surface area contributed by atoms with Gasteiger partial charge in [0.15, 0.2) is 0 Å². The number of halogens is 1. The van der Waals surface area contributed by atoms with Gasteiger partial charge >= 0.3 is 0 Å². The molecule has 0 aliphatic carbocycles. The number of nitrogens with zero attached hydrogens (tertiary/aromatic N) is 2. The smallest absolute Gasteiger partial charge is 0.256 e. The molecular weight excluding hydrogens is 338 g/mol. The van der Waals surface area contributed by atoms with Crippen molar-refractivity contribution < 1.29 is 9.90 Å². The third-order valence-electron chi connectivity index (χ3n) is 3.31. The first-order chi connectivity index (χ1) is 12.1. The van der Waals surface area contributed by atoms with Gasteiger partial charge < -0.3 is 10.4 Å². The van der Waals surface area contributed by atoms with E-state index in [-0.39, 0.29) is 11.3 Å². The number of rotatable bonds is 5. The van der Waals surface area contributed by atoms with Crippen molar-refractivity contribution in [1.82, 2.24) is 5.32 Å². The Hall–Kier alpha value is -3.10. The minimum Gasteiger partial charge on any atom is -0.506 e. The van der Waals surface area contributed by atoms with Crippen LogP contribution >= 0.6 is 11.6 Å². The number of hydrogen-bond acceptors (Lipinski definition) is 4. The summed E-state index contributed by atoms with van der Waals surface area (Å²) in [7, 11) is 0. The lowest BCUT2D eigenvalue weighted by molar-refractivity contribution is -0.116. The molecule has 0 fully saturated rings. The van der Waals surface area contributed by atoms with Gasteiger partial charge in [0.1, 0.15) is 5.76 Å². The minimum absolute atomic E-state index is 0.000639. The van der Waals surface area contributed by atoms with Crippen molar-refractivity contribution in [3.63, 3.8) is 0 Å². The second-order valence-electron chi connectivity index (χ2n) is 5.02. The molecule has 0 aliphatic rings. The van der Waals surface area contributed by atoms with Gasteiger partial charge in [0.05, 0.1) is 27.9 Å². The number of hydrogen-bond donors (Lipinski definition) is 2. The van der Waals surface area contributed by atoms with Crippen molar-refractivity contribution in [2.75, 3.05) is 6.54 Å². The maximum atomic E-state index is 12.3. The molecule has 0 unspecified atom stereocenters. The van der Waals surface area contributed by atoms with Crippen LogP contribution in [-0.4, -0.2) is 23.8 Å². The minimum atomic E-state index is -0.461. The van der Waals surface area contributed by atoms with Gasteiger partial charge in [-0.05, 0) is 43.3 Å². The Balaban J connectivity index is 2.44. The quantitative estimate of drug-likeness (QED) is 0.483. The zero-order chi connectivity index (χ0) is 18.2. The van der Waals surface area contributed by atoms with E-state index in [1.54, 1.807) is 55.5 Å². The maximum Gasteiger partial charge on any atom is 0.256 e. The summed E-state index contributed by atoms with van der Waals surface area (Å²) in [5.74, 6) is -0.716. The van der Waals surface area contributed by atoms with Crippen molar-refractivity contribution in [2.24, 2.45) is 4.99 Å². The van der Waals surface area contributed by atoms with Crippen LogP contribution in [-0.2, 0) is 4.79 Å². The van der Waals surface area contributed by atoms with Crippen molar-refractivity contribution in [2.45, 2.75) is 6.92 Å². The summed E-state index contributed by atoms with van der Waals surface area (Å²) < 4.78 is 0. The summed E-state index contributed by atoms with van der Waals surface area (Å²) in [5, 5.41) is 22.3. The summed E-state index contributed by atoms with van der Waals surface area (Å²) in [6, 6.07) is 15.2. The topological polar surface area (TPSA) is 85.5 Å². The zero-order valence-electron chi connectivity index (χ0n) is 13.5. The number of likely N-dealkylation sites (N-methyl/N-ethyl adjacent to an activating group) is 1. The Kier molecular flexibility index (Phi) is 6.33. The van der Waals surface area contributed by atoms with Crippen LogP contribution in [0.3, 0.4) is 0 Å². The molecule has 126 valence electrons. The molecular formula is C19H16ClN3O2. The summed E-state index contributed by atoms with van der Waals surface area (Å²) >= 11 is 6.09. The van der Waals surface area contributed by atoms with Gasteiger partial charge in [-0.15, -0.1) is 0 Å². The molecule has 2 N–H and O–H groups in total. The summed E-state index contributed by atoms with van der Waals surface area (Å²) in [6.45, 7) is 2.18. The summed E-state index contributed by atoms with van der Waals surface area (Å²) in [6.07, 6.45) is 1.28.